The Bertz CT molecular complexity index is 2210. The molecule has 0 aliphatic carbocycles. The summed E-state index contributed by atoms with van der Waals surface area (Å²) in [4.78, 5) is 42.7. The number of nitrogens with one attached hydrogen (secondary N) is 6. The summed E-state index contributed by atoms with van der Waals surface area (Å²) in [6, 6.07) is 2.98. The van der Waals surface area contributed by atoms with Gasteiger partial charge in [-0.2, -0.15) is 0 Å². The minimum Gasteiger partial charge on any atom is -0.664 e. The third kappa shape index (κ3) is 192. The number of likely N-dealkylation sites (N-methyl/N-ethyl adjacent to an activating group) is 6. The fourth-order valence-electron chi connectivity index (χ4n) is 13.5. The molecule has 936 valence electrons. The molecule has 0 heterocycles. The Balaban J connectivity index is -0.0000000522. The molecule has 0 rings (SSSR count). The normalized spacial score (nSPS) is 13.7. The molecule has 24 nitrogen and oxygen atoms in total. The van der Waals surface area contributed by atoms with Crippen LogP contribution in [-0.2, 0) is 101 Å². The van der Waals surface area contributed by atoms with Gasteiger partial charge in [0.2, 0.25) is 0 Å². The summed E-state index contributed by atoms with van der Waals surface area (Å²) in [6.07, 6.45) is 4.96. The molecule has 0 amide bonds. The molecule has 12 N–H and O–H groups in total. The maximum atomic E-state index is 10.0. The van der Waals surface area contributed by atoms with E-state index in [1.165, 1.54) is 0 Å². The van der Waals surface area contributed by atoms with Crippen LogP contribution in [-0.4, -0.2) is 378 Å². The van der Waals surface area contributed by atoms with Gasteiger partial charge in [-0.25, -0.2) is 0 Å². The van der Waals surface area contributed by atoms with Crippen molar-refractivity contribution in [1.29, 1.82) is 0 Å². The number of hydrogen-bond donors (Lipinski definition) is 12. The van der Waals surface area contributed by atoms with E-state index in [2.05, 4.69) is 438 Å². The van der Waals surface area contributed by atoms with Crippen LogP contribution in [0.1, 0.15) is 301 Å². The third-order valence-electron chi connectivity index (χ3n) is 22.0. The van der Waals surface area contributed by atoms with Gasteiger partial charge in [0.1, 0.15) is 0 Å². The summed E-state index contributed by atoms with van der Waals surface area (Å²) in [7, 11) is -2.99. The molecule has 150 heavy (non-hydrogen) atoms. The molecule has 0 aromatic heterocycles. The molecule has 0 saturated carbocycles. The number of aliphatic hydroxyl groups is 6. The van der Waals surface area contributed by atoms with Gasteiger partial charge in [0, 0.05) is 47.8 Å². The molecule has 0 aliphatic heterocycles. The van der Waals surface area contributed by atoms with Gasteiger partial charge in [0.25, 0.3) is 0 Å². The maximum Gasteiger partial charge on any atom is 3.00 e. The number of hydrogen-bond acceptors (Lipinski definition) is 18. The first-order chi connectivity index (χ1) is 62.7. The predicted octanol–water partition coefficient (Wildman–Crippen LogP) is 26.5. The number of rotatable bonds is 60. The van der Waals surface area contributed by atoms with E-state index in [9.17, 15) is 10.2 Å². The van der Waals surface area contributed by atoms with E-state index in [1.807, 2.05) is 41.8 Å². The van der Waals surface area contributed by atoms with Crippen LogP contribution in [0.3, 0.4) is 0 Å². The Morgan fingerprint density at radius 2 is 0.487 bits per heavy atom. The molecular weight excluding hydrogens is 2240 g/mol. The SMILES string of the molecule is CC(O)CC(C)NC(C)(C)C.CC(O)CC(C)NC(C)C.CCCNC(C)CC(C)O.CCN(CC)CC[N-][Si](C)(C)C.CCN(CC)CC[N-][Si](C)(C)C.CCN(CC)CC[N-][Si](C)(C)C.CCN(CC)CC[N-][Si](C)(C)C.CCN(CC)CC[N-][Si](C)(C)C.CCN(CC)CC[N-][Si](C)(C)C.CCNC(C)CC(C)O.CNC(CC(O)C(C)(C)C)C(C)(C)C.CNC(CC(O)C(C)C)C(C)C.[CH3-].[CH3-].[CH3-].[CH3-].[CH3-].[CH3-].[Co+3].[Co+3].[Co+3].[Co+3].[Co+3].[Co+3]. The second kappa shape index (κ2) is 128. The van der Waals surface area contributed by atoms with Crippen molar-refractivity contribution in [2.75, 3.05) is 184 Å². The molecule has 0 radical (unpaired) electrons. The summed E-state index contributed by atoms with van der Waals surface area (Å²) in [5.74, 6) is 0.947. The standard InChI is InChI=1S/C12H27NO.C10H23NO.6C9H23N2Si.C9H21NO.2C8H19NO.C7H17NO.6CH3.6Co/c1-11(2,3)9(13-7)8-10(14)12(4,5)6;1-7(2)9(11-5)6-10(12)8(3)4;6*1-6-11(7-2)9-8-10-12(3,4)5;1-7(6-8(2)11)10-9(3,4)5;1-6(2)9-7(3)5-8(4)10;1-4-5-9-7(2)6-8(3)10;1-4-8-6(2)5-7(3)9;;;;;;;;;;;;/h9-10,13-14H,8H2,1-7H3;7-12H,6H2,1-5H3;6*6-9H2,1-5H3;7-8,10-11H,6H2,1-5H3;6-10H,5H2,1-4H3;7-10H,4-6H2,1-3H3;6-9H,4-5H2,1-3H3;6*1H3;;;;;;/q;;6*-1;;;;;6*-1;6*+3. The van der Waals surface area contributed by atoms with Gasteiger partial charge in [0.15, 0.2) is 0 Å². The van der Waals surface area contributed by atoms with Crippen LogP contribution < -0.4 is 31.9 Å². The van der Waals surface area contributed by atoms with E-state index < -0.39 is 49.4 Å². The van der Waals surface area contributed by atoms with Crippen LogP contribution in [0.4, 0.5) is 0 Å². The second-order valence-electron chi connectivity index (χ2n) is 48.2. The zero-order valence-corrected chi connectivity index (χ0v) is 125. The van der Waals surface area contributed by atoms with Crippen LogP contribution >= 0.6 is 0 Å². The maximum absolute atomic E-state index is 10.0. The van der Waals surface area contributed by atoms with E-state index in [0.717, 1.165) is 215 Å². The quantitative estimate of drug-likeness (QED) is 0.0199. The summed E-state index contributed by atoms with van der Waals surface area (Å²) in [6.45, 7) is 148. The minimum atomic E-state index is -1.15. The third-order valence-corrected chi connectivity index (χ3v) is 29.1. The topological polar surface area (TPSA) is 298 Å². The zero-order chi connectivity index (χ0) is 111. The summed E-state index contributed by atoms with van der Waals surface area (Å²) < 4.78 is 0. The van der Waals surface area contributed by atoms with Crippen molar-refractivity contribution >= 4 is 49.4 Å². The van der Waals surface area contributed by atoms with Crippen LogP contribution in [0, 0.1) is 67.2 Å². The fraction of sp³-hybridized carbons (Fsp3) is 0.947. The van der Waals surface area contributed by atoms with Crippen molar-refractivity contribution in [3.8, 4) is 0 Å². The smallest absolute Gasteiger partial charge is 0.664 e. The van der Waals surface area contributed by atoms with Gasteiger partial charge in [0.05, 0.1) is 36.6 Å². The molecule has 0 saturated heterocycles. The van der Waals surface area contributed by atoms with Crippen molar-refractivity contribution in [3.63, 3.8) is 0 Å². The van der Waals surface area contributed by atoms with Crippen molar-refractivity contribution in [1.82, 2.24) is 61.3 Å². The molecule has 0 fully saturated rings. The van der Waals surface area contributed by atoms with Crippen LogP contribution in [0.2, 0.25) is 118 Å². The van der Waals surface area contributed by atoms with Crippen LogP contribution in [0.15, 0.2) is 0 Å². The average Bonchev–Trinajstić information content (AvgIpc) is 0.858. The first kappa shape index (κ1) is 213. The number of aliphatic hydroxyl groups excluding tert-OH is 6. The Hall–Kier alpha value is 3.38. The molecule has 12 unspecified atom stereocenters. The molecule has 0 bridgehead atoms. The van der Waals surface area contributed by atoms with E-state index in [4.69, 9.17) is 20.4 Å². The molecule has 0 aromatic carbocycles. The summed E-state index contributed by atoms with van der Waals surface area (Å²) in [5.41, 5.74) is 0.315. The average molecular weight is 2520 g/mol. The van der Waals surface area contributed by atoms with E-state index in [-0.39, 0.29) is 198 Å². The van der Waals surface area contributed by atoms with Gasteiger partial charge in [-0.05, 0) is 289 Å². The monoisotopic (exact) mass is 2520 g/mol. The number of nitrogens with zero attached hydrogens (tertiary/aromatic N) is 12. The first-order valence-electron chi connectivity index (χ1n) is 55.6. The second-order valence-corrected chi connectivity index (χ2v) is 76.1. The molecule has 12 atom stereocenters. The van der Waals surface area contributed by atoms with Crippen molar-refractivity contribution in [2.24, 2.45) is 22.7 Å². The van der Waals surface area contributed by atoms with Gasteiger partial charge >= 0.3 is 101 Å². The van der Waals surface area contributed by atoms with Crippen molar-refractivity contribution < 1.29 is 131 Å². The Morgan fingerprint density at radius 1 is 0.273 bits per heavy atom. The summed E-state index contributed by atoms with van der Waals surface area (Å²) >= 11 is 0. The van der Waals surface area contributed by atoms with Gasteiger partial charge < -0.3 is 166 Å². The van der Waals surface area contributed by atoms with Crippen LogP contribution in [0.25, 0.3) is 29.9 Å². The van der Waals surface area contributed by atoms with E-state index >= 15 is 0 Å². The minimum absolute atomic E-state index is 0. The van der Waals surface area contributed by atoms with Gasteiger partial charge in [-0.15, -0.1) is 39.3 Å². The largest absolute Gasteiger partial charge is 3.00 e. The van der Waals surface area contributed by atoms with Crippen molar-refractivity contribution in [3.05, 3.63) is 74.5 Å². The first-order valence-corrected chi connectivity index (χ1v) is 76.3. The molecule has 0 aliphatic rings. The zero-order valence-electron chi connectivity index (χ0n) is 113. The predicted molar refractivity (Wildman–Crippen MR) is 686 cm³/mol. The van der Waals surface area contributed by atoms with Crippen molar-refractivity contribution in [2.45, 2.75) is 503 Å². The molecule has 0 spiro atoms. The van der Waals surface area contributed by atoms with Crippen LogP contribution in [0.5, 0.6) is 0 Å². The van der Waals surface area contributed by atoms with E-state index in [1.54, 1.807) is 0 Å². The van der Waals surface area contributed by atoms with Gasteiger partial charge in [-0.3, -0.25) is 0 Å². The molecule has 36 heteroatoms. The molecular formula is C114H282Co6N18O6Si6+6. The Kier molecular flexibility index (Phi) is 181. The Morgan fingerprint density at radius 3 is 0.633 bits per heavy atom. The molecule has 0 aromatic rings. The van der Waals surface area contributed by atoms with E-state index in [0.29, 0.717) is 54.1 Å². The fourth-order valence-corrected chi connectivity index (χ4v) is 18.1. The van der Waals surface area contributed by atoms with Gasteiger partial charge in [-0.1, -0.05) is 347 Å². The Labute approximate surface area is 1020 Å². The summed E-state index contributed by atoms with van der Waals surface area (Å²) in [5, 5.41) is 75.4.